The van der Waals surface area contributed by atoms with Gasteiger partial charge in [0.1, 0.15) is 5.56 Å². The Morgan fingerprint density at radius 2 is 1.72 bits per heavy atom. The summed E-state index contributed by atoms with van der Waals surface area (Å²) in [5.41, 5.74) is -0.642. The van der Waals surface area contributed by atoms with Crippen molar-refractivity contribution in [3.05, 3.63) is 53.9 Å². The van der Waals surface area contributed by atoms with Crippen LogP contribution in [0.4, 0.5) is 18.0 Å². The van der Waals surface area contributed by atoms with Gasteiger partial charge in [-0.15, -0.1) is 0 Å². The van der Waals surface area contributed by atoms with E-state index in [4.69, 9.17) is 4.74 Å². The van der Waals surface area contributed by atoms with Gasteiger partial charge in [-0.05, 0) is 13.0 Å². The van der Waals surface area contributed by atoms with Crippen molar-refractivity contribution in [2.45, 2.75) is 13.1 Å². The van der Waals surface area contributed by atoms with Crippen LogP contribution >= 0.6 is 0 Å². The number of carbonyl (C=O) groups excluding carboxylic acids is 2. The minimum absolute atomic E-state index is 0.0298. The summed E-state index contributed by atoms with van der Waals surface area (Å²) >= 11 is 0. The van der Waals surface area contributed by atoms with Crippen LogP contribution in [-0.4, -0.2) is 69.2 Å². The molecule has 0 radical (unpaired) electrons. The van der Waals surface area contributed by atoms with Crippen LogP contribution in [0.25, 0.3) is 16.9 Å². The summed E-state index contributed by atoms with van der Waals surface area (Å²) < 4.78 is 46.8. The molecule has 3 aromatic rings. The lowest BCUT2D eigenvalue weighted by atomic mass is 10.1. The first kappa shape index (κ1) is 21.6. The Balaban J connectivity index is 1.68. The first-order valence-corrected chi connectivity index (χ1v) is 10.0. The summed E-state index contributed by atoms with van der Waals surface area (Å²) in [5.74, 6) is -0.491. The van der Waals surface area contributed by atoms with Gasteiger partial charge in [-0.3, -0.25) is 4.79 Å². The number of hydrogen-bond acceptors (Lipinski definition) is 5. The van der Waals surface area contributed by atoms with Gasteiger partial charge in [-0.1, -0.05) is 30.3 Å². The Kier molecular flexibility index (Phi) is 5.72. The largest absolute Gasteiger partial charge is 0.450 e. The highest BCUT2D eigenvalue weighted by molar-refractivity contribution is 6.00. The molecule has 32 heavy (non-hydrogen) atoms. The number of amides is 2. The van der Waals surface area contributed by atoms with Crippen LogP contribution in [-0.2, 0) is 10.9 Å². The SMILES string of the molecule is CCOC(=O)N1CCN(C(=O)c2cnn3c(C(F)(F)F)cc(-c4ccccc4)nc23)CC1. The van der Waals surface area contributed by atoms with Crippen LogP contribution in [0.1, 0.15) is 23.0 Å². The molecule has 168 valence electrons. The normalized spacial score (nSPS) is 14.6. The standard InChI is InChI=1S/C21H20F3N5O3/c1-2-32-20(31)28-10-8-27(9-11-28)19(30)15-13-25-29-17(21(22,23)24)12-16(26-18(15)29)14-6-4-3-5-7-14/h3-7,12-13H,2,8-11H2,1H3. The lowest BCUT2D eigenvalue weighted by Crippen LogP contribution is -2.50. The third kappa shape index (κ3) is 4.10. The molecule has 0 atom stereocenters. The fourth-order valence-corrected chi connectivity index (χ4v) is 3.55. The first-order chi connectivity index (χ1) is 15.3. The van der Waals surface area contributed by atoms with E-state index in [1.54, 1.807) is 37.3 Å². The van der Waals surface area contributed by atoms with Gasteiger partial charge in [0.05, 0.1) is 18.5 Å². The molecular formula is C21H20F3N5O3. The lowest BCUT2D eigenvalue weighted by molar-refractivity contribution is -0.142. The molecule has 0 bridgehead atoms. The molecule has 0 N–H and O–H groups in total. The highest BCUT2D eigenvalue weighted by Gasteiger charge is 2.36. The van der Waals surface area contributed by atoms with Gasteiger partial charge >= 0.3 is 12.3 Å². The van der Waals surface area contributed by atoms with E-state index in [2.05, 4.69) is 10.1 Å². The van der Waals surface area contributed by atoms with Crippen molar-refractivity contribution >= 4 is 17.6 Å². The van der Waals surface area contributed by atoms with Crippen LogP contribution in [0.15, 0.2) is 42.6 Å². The molecule has 0 aliphatic carbocycles. The van der Waals surface area contributed by atoms with E-state index in [0.717, 1.165) is 12.3 Å². The third-order valence-corrected chi connectivity index (χ3v) is 5.16. The number of ether oxygens (including phenoxy) is 1. The van der Waals surface area contributed by atoms with Crippen molar-refractivity contribution in [1.82, 2.24) is 24.4 Å². The molecule has 1 aliphatic heterocycles. The van der Waals surface area contributed by atoms with E-state index in [1.165, 1.54) is 9.80 Å². The number of carbonyl (C=O) groups is 2. The summed E-state index contributed by atoms with van der Waals surface area (Å²) in [6.45, 7) is 2.92. The van der Waals surface area contributed by atoms with Crippen molar-refractivity contribution in [2.75, 3.05) is 32.8 Å². The first-order valence-electron chi connectivity index (χ1n) is 10.0. The number of aromatic nitrogens is 3. The summed E-state index contributed by atoms with van der Waals surface area (Å²) in [5, 5.41) is 3.81. The number of piperazine rings is 1. The maximum Gasteiger partial charge on any atom is 0.433 e. The van der Waals surface area contributed by atoms with Gasteiger partial charge in [0, 0.05) is 31.7 Å². The van der Waals surface area contributed by atoms with Gasteiger partial charge in [0.25, 0.3) is 5.91 Å². The smallest absolute Gasteiger partial charge is 0.433 e. The van der Waals surface area contributed by atoms with Crippen molar-refractivity contribution in [1.29, 1.82) is 0 Å². The molecule has 0 saturated carbocycles. The zero-order valence-electron chi connectivity index (χ0n) is 17.2. The Morgan fingerprint density at radius 3 is 2.34 bits per heavy atom. The number of alkyl halides is 3. The lowest BCUT2D eigenvalue weighted by Gasteiger charge is -2.33. The molecule has 1 fully saturated rings. The average molecular weight is 447 g/mol. The fraction of sp³-hybridized carbons (Fsp3) is 0.333. The molecule has 3 heterocycles. The van der Waals surface area contributed by atoms with Gasteiger partial charge in [-0.25, -0.2) is 14.3 Å². The molecule has 0 spiro atoms. The molecule has 1 aliphatic rings. The van der Waals surface area contributed by atoms with Crippen LogP contribution < -0.4 is 0 Å². The van der Waals surface area contributed by atoms with E-state index in [0.29, 0.717) is 10.1 Å². The second-order valence-electron chi connectivity index (χ2n) is 7.16. The van der Waals surface area contributed by atoms with Gasteiger partial charge < -0.3 is 14.5 Å². The van der Waals surface area contributed by atoms with Crippen molar-refractivity contribution < 1.29 is 27.5 Å². The highest BCUT2D eigenvalue weighted by Crippen LogP contribution is 2.33. The molecule has 4 rings (SSSR count). The predicted molar refractivity (Wildman–Crippen MR) is 108 cm³/mol. The maximum atomic E-state index is 13.7. The van der Waals surface area contributed by atoms with Crippen LogP contribution in [0.3, 0.4) is 0 Å². The molecule has 11 heteroatoms. The number of rotatable bonds is 3. The Hall–Kier alpha value is -3.63. The minimum Gasteiger partial charge on any atom is -0.450 e. The number of fused-ring (bicyclic) bond motifs is 1. The van der Waals surface area contributed by atoms with Gasteiger partial charge in [0.2, 0.25) is 0 Å². The van der Waals surface area contributed by atoms with Gasteiger partial charge in [0.15, 0.2) is 11.3 Å². The zero-order valence-corrected chi connectivity index (χ0v) is 17.2. The summed E-state index contributed by atoms with van der Waals surface area (Å²) in [6, 6.07) is 9.34. The highest BCUT2D eigenvalue weighted by atomic mass is 19.4. The second-order valence-corrected chi connectivity index (χ2v) is 7.16. The third-order valence-electron chi connectivity index (χ3n) is 5.16. The molecule has 0 unspecified atom stereocenters. The molecule has 1 aromatic carbocycles. The Bertz CT molecular complexity index is 1140. The summed E-state index contributed by atoms with van der Waals surface area (Å²) in [4.78, 5) is 32.2. The maximum absolute atomic E-state index is 13.7. The molecule has 2 aromatic heterocycles. The fourth-order valence-electron chi connectivity index (χ4n) is 3.55. The number of halogens is 3. The zero-order chi connectivity index (χ0) is 22.9. The summed E-state index contributed by atoms with van der Waals surface area (Å²) in [7, 11) is 0. The topological polar surface area (TPSA) is 80.0 Å². The number of hydrogen-bond donors (Lipinski definition) is 0. The summed E-state index contributed by atoms with van der Waals surface area (Å²) in [6.07, 6.45) is -4.05. The minimum atomic E-state index is -4.69. The van der Waals surface area contributed by atoms with Crippen molar-refractivity contribution in [3.63, 3.8) is 0 Å². The predicted octanol–water partition coefficient (Wildman–Crippen LogP) is 3.33. The Morgan fingerprint density at radius 1 is 1.06 bits per heavy atom. The van der Waals surface area contributed by atoms with E-state index in [9.17, 15) is 22.8 Å². The monoisotopic (exact) mass is 447 g/mol. The van der Waals surface area contributed by atoms with Crippen LogP contribution in [0, 0.1) is 0 Å². The second kappa shape index (κ2) is 8.48. The van der Waals surface area contributed by atoms with Gasteiger partial charge in [-0.2, -0.15) is 18.3 Å². The molecule has 1 saturated heterocycles. The molecular weight excluding hydrogens is 427 g/mol. The van der Waals surface area contributed by atoms with Crippen molar-refractivity contribution in [2.24, 2.45) is 0 Å². The van der Waals surface area contributed by atoms with Crippen molar-refractivity contribution in [3.8, 4) is 11.3 Å². The van der Waals surface area contributed by atoms with Crippen LogP contribution in [0.2, 0.25) is 0 Å². The number of nitrogens with zero attached hydrogens (tertiary/aromatic N) is 5. The molecule has 2 amide bonds. The Labute approximate surface area is 181 Å². The van der Waals surface area contributed by atoms with Crippen LogP contribution in [0.5, 0.6) is 0 Å². The van der Waals surface area contributed by atoms with E-state index in [1.807, 2.05) is 0 Å². The quantitative estimate of drug-likeness (QED) is 0.616. The van der Waals surface area contributed by atoms with E-state index >= 15 is 0 Å². The van der Waals surface area contributed by atoms with E-state index < -0.39 is 23.9 Å². The average Bonchev–Trinajstić information content (AvgIpc) is 3.22. The number of benzene rings is 1. The molecule has 8 nitrogen and oxygen atoms in total. The van der Waals surface area contributed by atoms with E-state index in [-0.39, 0.29) is 49.7 Å².